The predicted molar refractivity (Wildman–Crippen MR) is 83.0 cm³/mol. The molecule has 0 saturated heterocycles. The Morgan fingerprint density at radius 3 is 2.95 bits per heavy atom. The number of fused-ring (bicyclic) bond motifs is 1. The lowest BCUT2D eigenvalue weighted by atomic mass is 10.1. The summed E-state index contributed by atoms with van der Waals surface area (Å²) in [6.07, 6.45) is 2.82. The second-order valence-corrected chi connectivity index (χ2v) is 6.90. The van der Waals surface area contributed by atoms with Crippen molar-refractivity contribution >= 4 is 39.9 Å². The number of hydrogen-bond acceptors (Lipinski definition) is 7. The summed E-state index contributed by atoms with van der Waals surface area (Å²) in [5.41, 5.74) is 6.93. The number of nitrogens with two attached hydrogens (primary N) is 1. The molecule has 10 heteroatoms. The molecule has 0 radical (unpaired) electrons. The molecule has 0 fully saturated rings. The molecular weight excluding hydrogens is 324 g/mol. The normalized spacial score (nSPS) is 13.1. The van der Waals surface area contributed by atoms with Gasteiger partial charge >= 0.3 is 0 Å². The van der Waals surface area contributed by atoms with Crippen molar-refractivity contribution in [2.75, 3.05) is 11.1 Å². The Kier molecular flexibility index (Phi) is 4.12. The summed E-state index contributed by atoms with van der Waals surface area (Å²) in [6.45, 7) is 0. The second kappa shape index (κ2) is 6.05. The van der Waals surface area contributed by atoms with Crippen molar-refractivity contribution in [1.82, 2.24) is 20.2 Å². The lowest BCUT2D eigenvalue weighted by Gasteiger charge is -2.05. The lowest BCUT2D eigenvalue weighted by molar-refractivity contribution is -0.113. The van der Waals surface area contributed by atoms with E-state index in [1.807, 2.05) is 0 Å². The molecule has 116 valence electrons. The van der Waals surface area contributed by atoms with E-state index in [9.17, 15) is 9.59 Å². The number of carbonyl (C=O) groups is 2. The number of aromatic nitrogens is 4. The summed E-state index contributed by atoms with van der Waals surface area (Å²) in [7, 11) is 1.70. The number of rotatable bonds is 5. The zero-order chi connectivity index (χ0) is 15.7. The smallest absolute Gasteiger partial charge is 0.251 e. The van der Waals surface area contributed by atoms with E-state index in [0.717, 1.165) is 29.7 Å². The van der Waals surface area contributed by atoms with Gasteiger partial charge in [-0.25, -0.2) is 4.68 Å². The Hall–Kier alpha value is -1.94. The van der Waals surface area contributed by atoms with Gasteiger partial charge in [-0.1, -0.05) is 11.8 Å². The molecule has 0 unspecified atom stereocenters. The molecule has 2 heterocycles. The number of thioether (sulfide) groups is 1. The molecule has 8 nitrogen and oxygen atoms in total. The van der Waals surface area contributed by atoms with Gasteiger partial charge in [0.25, 0.3) is 5.91 Å². The van der Waals surface area contributed by atoms with Gasteiger partial charge in [-0.15, -0.1) is 16.4 Å². The zero-order valence-electron chi connectivity index (χ0n) is 11.8. The molecule has 22 heavy (non-hydrogen) atoms. The molecule has 0 aliphatic heterocycles. The highest BCUT2D eigenvalue weighted by Crippen LogP contribution is 2.38. The van der Waals surface area contributed by atoms with Crippen LogP contribution >= 0.6 is 23.1 Å². The molecule has 1 aliphatic rings. The number of thiophene rings is 1. The summed E-state index contributed by atoms with van der Waals surface area (Å²) in [6, 6.07) is 0. The molecule has 0 atom stereocenters. The Morgan fingerprint density at radius 1 is 1.45 bits per heavy atom. The minimum atomic E-state index is -0.486. The number of tetrazole rings is 1. The molecule has 0 saturated carbocycles. The van der Waals surface area contributed by atoms with Crippen LogP contribution in [0.5, 0.6) is 0 Å². The molecule has 1 aliphatic carbocycles. The third kappa shape index (κ3) is 2.83. The van der Waals surface area contributed by atoms with E-state index >= 15 is 0 Å². The Morgan fingerprint density at radius 2 is 2.27 bits per heavy atom. The molecule has 2 aromatic rings. The monoisotopic (exact) mass is 338 g/mol. The van der Waals surface area contributed by atoms with Gasteiger partial charge in [-0.2, -0.15) is 0 Å². The van der Waals surface area contributed by atoms with Gasteiger partial charge < -0.3 is 11.1 Å². The maximum Gasteiger partial charge on any atom is 0.251 e. The SMILES string of the molecule is Cn1nnnc1SCC(=O)Nc1sc2c(c1C(N)=O)CCC2. The van der Waals surface area contributed by atoms with Crippen LogP contribution in [0.15, 0.2) is 5.16 Å². The minimum Gasteiger partial charge on any atom is -0.365 e. The number of nitrogens with zero attached hydrogens (tertiary/aromatic N) is 4. The van der Waals surface area contributed by atoms with E-state index in [1.165, 1.54) is 27.8 Å². The van der Waals surface area contributed by atoms with Crippen molar-refractivity contribution in [2.45, 2.75) is 24.4 Å². The molecule has 2 aromatic heterocycles. The first-order valence-corrected chi connectivity index (χ1v) is 8.46. The highest BCUT2D eigenvalue weighted by atomic mass is 32.2. The van der Waals surface area contributed by atoms with E-state index in [4.69, 9.17) is 5.73 Å². The highest BCUT2D eigenvalue weighted by molar-refractivity contribution is 7.99. The van der Waals surface area contributed by atoms with Gasteiger partial charge in [0.1, 0.15) is 5.00 Å². The van der Waals surface area contributed by atoms with Crippen molar-refractivity contribution in [2.24, 2.45) is 12.8 Å². The quantitative estimate of drug-likeness (QED) is 0.771. The Bertz CT molecular complexity index is 738. The summed E-state index contributed by atoms with van der Waals surface area (Å²) >= 11 is 2.67. The van der Waals surface area contributed by atoms with Crippen molar-refractivity contribution < 1.29 is 9.59 Å². The summed E-state index contributed by atoms with van der Waals surface area (Å²) in [5.74, 6) is -0.537. The van der Waals surface area contributed by atoms with E-state index in [2.05, 4.69) is 20.8 Å². The number of anilines is 1. The fourth-order valence-electron chi connectivity index (χ4n) is 2.39. The summed E-state index contributed by atoms with van der Waals surface area (Å²) in [5, 5.41) is 14.9. The van der Waals surface area contributed by atoms with Crippen molar-refractivity contribution in [3.05, 3.63) is 16.0 Å². The van der Waals surface area contributed by atoms with Crippen LogP contribution < -0.4 is 11.1 Å². The average Bonchev–Trinajstić information content (AvgIpc) is 3.11. The standard InChI is InChI=1S/C12H14N6O2S2/c1-18-12(15-16-17-18)21-5-8(19)14-11-9(10(13)20)6-3-2-4-7(6)22-11/h2-5H2,1H3,(H2,13,20)(H,14,19). The van der Waals surface area contributed by atoms with Gasteiger partial charge in [-0.05, 0) is 35.3 Å². The van der Waals surface area contributed by atoms with Crippen LogP contribution in [0, 0.1) is 0 Å². The van der Waals surface area contributed by atoms with Crippen LogP contribution in [0.2, 0.25) is 0 Å². The molecule has 0 aromatic carbocycles. The molecule has 0 spiro atoms. The van der Waals surface area contributed by atoms with E-state index < -0.39 is 5.91 Å². The van der Waals surface area contributed by atoms with Gasteiger partial charge in [-0.3, -0.25) is 9.59 Å². The predicted octanol–water partition coefficient (Wildman–Crippen LogP) is 0.590. The Balaban J connectivity index is 1.69. The Labute approximate surface area is 134 Å². The average molecular weight is 338 g/mol. The first kappa shape index (κ1) is 15.0. The molecular formula is C12H14N6O2S2. The fourth-order valence-corrected chi connectivity index (χ4v) is 4.35. The summed E-state index contributed by atoms with van der Waals surface area (Å²) in [4.78, 5) is 24.9. The van der Waals surface area contributed by atoms with Crippen LogP contribution in [0.4, 0.5) is 5.00 Å². The van der Waals surface area contributed by atoms with Gasteiger partial charge in [0, 0.05) is 11.9 Å². The number of primary amides is 1. The van der Waals surface area contributed by atoms with E-state index in [0.29, 0.717) is 15.7 Å². The van der Waals surface area contributed by atoms with Crippen LogP contribution in [-0.4, -0.2) is 37.8 Å². The number of nitrogens with one attached hydrogen (secondary N) is 1. The van der Waals surface area contributed by atoms with Crippen molar-refractivity contribution in [1.29, 1.82) is 0 Å². The maximum absolute atomic E-state index is 12.1. The van der Waals surface area contributed by atoms with Gasteiger partial charge in [0.2, 0.25) is 11.1 Å². The third-order valence-electron chi connectivity index (χ3n) is 3.33. The molecule has 2 amide bonds. The minimum absolute atomic E-state index is 0.162. The van der Waals surface area contributed by atoms with E-state index in [-0.39, 0.29) is 11.7 Å². The van der Waals surface area contributed by atoms with Gasteiger partial charge in [0.15, 0.2) is 0 Å². The largest absolute Gasteiger partial charge is 0.365 e. The topological polar surface area (TPSA) is 116 Å². The molecule has 3 rings (SSSR count). The van der Waals surface area contributed by atoms with Crippen LogP contribution in [0.3, 0.4) is 0 Å². The van der Waals surface area contributed by atoms with Crippen molar-refractivity contribution in [3.63, 3.8) is 0 Å². The maximum atomic E-state index is 12.1. The molecule has 0 bridgehead atoms. The number of aryl methyl sites for hydroxylation is 2. The lowest BCUT2D eigenvalue weighted by Crippen LogP contribution is -2.19. The van der Waals surface area contributed by atoms with Crippen LogP contribution in [0.1, 0.15) is 27.2 Å². The fraction of sp³-hybridized carbons (Fsp3) is 0.417. The van der Waals surface area contributed by atoms with E-state index in [1.54, 1.807) is 7.05 Å². The zero-order valence-corrected chi connectivity index (χ0v) is 13.5. The second-order valence-electron chi connectivity index (χ2n) is 4.85. The number of hydrogen-bond donors (Lipinski definition) is 2. The first-order valence-electron chi connectivity index (χ1n) is 6.65. The summed E-state index contributed by atoms with van der Waals surface area (Å²) < 4.78 is 1.49. The number of amides is 2. The van der Waals surface area contributed by atoms with Gasteiger partial charge in [0.05, 0.1) is 11.3 Å². The van der Waals surface area contributed by atoms with Crippen LogP contribution in [0.25, 0.3) is 0 Å². The highest BCUT2D eigenvalue weighted by Gasteiger charge is 2.26. The first-order chi connectivity index (χ1) is 10.6. The molecule has 3 N–H and O–H groups in total. The number of carbonyl (C=O) groups excluding carboxylic acids is 2. The van der Waals surface area contributed by atoms with Crippen LogP contribution in [-0.2, 0) is 24.7 Å². The third-order valence-corrected chi connectivity index (χ3v) is 5.55. The van der Waals surface area contributed by atoms with Crippen molar-refractivity contribution in [3.8, 4) is 0 Å².